The zero-order valence-corrected chi connectivity index (χ0v) is 11.6. The number of carbonyl (C=O) groups excluding carboxylic acids is 1. The third-order valence-corrected chi connectivity index (χ3v) is 3.16. The number of amides is 1. The second-order valence-electron chi connectivity index (χ2n) is 4.16. The average molecular weight is 267 g/mol. The van der Waals surface area contributed by atoms with Gasteiger partial charge < -0.3 is 10.3 Å². The van der Waals surface area contributed by atoms with E-state index in [0.29, 0.717) is 17.9 Å². The van der Waals surface area contributed by atoms with Gasteiger partial charge in [0.25, 0.3) is 0 Å². The molecular weight excluding hydrogens is 250 g/mol. The van der Waals surface area contributed by atoms with E-state index >= 15 is 0 Å². The van der Waals surface area contributed by atoms with Crippen LogP contribution in [0.1, 0.15) is 19.5 Å². The van der Waals surface area contributed by atoms with Crippen molar-refractivity contribution >= 4 is 29.3 Å². The minimum atomic E-state index is -0.0338. The van der Waals surface area contributed by atoms with Crippen molar-refractivity contribution in [1.82, 2.24) is 24.6 Å². The summed E-state index contributed by atoms with van der Waals surface area (Å²) in [7, 11) is 0. The van der Waals surface area contributed by atoms with E-state index in [1.807, 2.05) is 23.1 Å². The maximum absolute atomic E-state index is 10.9. The number of fused-ring (bicyclic) bond motifs is 1. The molecule has 0 fully saturated rings. The molecule has 2 heterocycles. The topological polar surface area (TPSA) is 67.6 Å². The predicted octanol–water partition coefficient (Wildman–Crippen LogP) is 1.36. The first kappa shape index (κ1) is 12.8. The number of nitrogens with zero attached hydrogens (tertiary/aromatic N) is 3. The van der Waals surface area contributed by atoms with Crippen LogP contribution in [0, 0.1) is 11.7 Å². The third kappa shape index (κ3) is 2.17. The Bertz CT molecular complexity index is 636. The van der Waals surface area contributed by atoms with Gasteiger partial charge in [-0.05, 0) is 26.1 Å². The number of hydrogen-bond acceptors (Lipinski definition) is 3. The van der Waals surface area contributed by atoms with Crippen LogP contribution in [0.5, 0.6) is 0 Å². The molecule has 18 heavy (non-hydrogen) atoms. The standard InChI is InChI=1S/C11H17N5OS/c1-4-16-10-9(7(2)14-16)13-11(18)15(10)6-5-12-8(3)17/h4-6H2,1-3H3,(H,12,17)(H,13,18). The monoisotopic (exact) mass is 267 g/mol. The van der Waals surface area contributed by atoms with Crippen LogP contribution < -0.4 is 5.32 Å². The summed E-state index contributed by atoms with van der Waals surface area (Å²) in [6.07, 6.45) is 0. The van der Waals surface area contributed by atoms with Crippen molar-refractivity contribution in [3.05, 3.63) is 10.5 Å². The number of rotatable bonds is 4. The summed E-state index contributed by atoms with van der Waals surface area (Å²) in [5, 5.41) is 7.21. The van der Waals surface area contributed by atoms with Crippen molar-refractivity contribution < 1.29 is 4.79 Å². The van der Waals surface area contributed by atoms with E-state index in [9.17, 15) is 4.79 Å². The Labute approximate surface area is 110 Å². The largest absolute Gasteiger partial charge is 0.355 e. The van der Waals surface area contributed by atoms with Gasteiger partial charge >= 0.3 is 0 Å². The maximum Gasteiger partial charge on any atom is 0.216 e. The van der Waals surface area contributed by atoms with Crippen molar-refractivity contribution in [2.45, 2.75) is 33.9 Å². The van der Waals surface area contributed by atoms with Crippen molar-refractivity contribution in [1.29, 1.82) is 0 Å². The highest BCUT2D eigenvalue weighted by atomic mass is 32.1. The minimum Gasteiger partial charge on any atom is -0.355 e. The molecule has 0 aliphatic carbocycles. The van der Waals surface area contributed by atoms with Gasteiger partial charge in [-0.1, -0.05) is 0 Å². The summed E-state index contributed by atoms with van der Waals surface area (Å²) in [5.41, 5.74) is 2.91. The van der Waals surface area contributed by atoms with Gasteiger partial charge in [0, 0.05) is 26.6 Å². The summed E-state index contributed by atoms with van der Waals surface area (Å²) in [5.74, 6) is -0.0338. The first-order valence-electron chi connectivity index (χ1n) is 5.95. The number of aryl methyl sites for hydroxylation is 2. The number of imidazole rings is 1. The van der Waals surface area contributed by atoms with Crippen LogP contribution in [0.4, 0.5) is 0 Å². The van der Waals surface area contributed by atoms with Gasteiger partial charge in [0.1, 0.15) is 5.52 Å². The second-order valence-corrected chi connectivity index (χ2v) is 4.55. The zero-order valence-electron chi connectivity index (χ0n) is 10.8. The second kappa shape index (κ2) is 4.93. The minimum absolute atomic E-state index is 0.0338. The van der Waals surface area contributed by atoms with E-state index < -0.39 is 0 Å². The van der Waals surface area contributed by atoms with Gasteiger partial charge in [-0.2, -0.15) is 5.10 Å². The van der Waals surface area contributed by atoms with Crippen LogP contribution in [-0.2, 0) is 17.9 Å². The summed E-state index contributed by atoms with van der Waals surface area (Å²) in [4.78, 5) is 14.0. The molecule has 2 N–H and O–H groups in total. The molecule has 98 valence electrons. The van der Waals surface area contributed by atoms with E-state index in [0.717, 1.165) is 23.4 Å². The molecular formula is C11H17N5OS. The number of aromatic amines is 1. The van der Waals surface area contributed by atoms with E-state index in [1.165, 1.54) is 6.92 Å². The molecule has 0 saturated carbocycles. The number of aromatic nitrogens is 4. The summed E-state index contributed by atoms with van der Waals surface area (Å²) < 4.78 is 4.56. The van der Waals surface area contributed by atoms with Crippen LogP contribution in [0.3, 0.4) is 0 Å². The van der Waals surface area contributed by atoms with Gasteiger partial charge in [0.15, 0.2) is 10.4 Å². The van der Waals surface area contributed by atoms with Crippen molar-refractivity contribution in [3.8, 4) is 0 Å². The Balaban J connectivity index is 2.39. The lowest BCUT2D eigenvalue weighted by atomic mass is 10.4. The predicted molar refractivity (Wildman–Crippen MR) is 72.0 cm³/mol. The molecule has 7 heteroatoms. The fourth-order valence-electron chi connectivity index (χ4n) is 2.03. The lowest BCUT2D eigenvalue weighted by Gasteiger charge is -2.06. The molecule has 2 rings (SSSR count). The van der Waals surface area contributed by atoms with Gasteiger partial charge in [-0.3, -0.25) is 9.36 Å². The van der Waals surface area contributed by atoms with Crippen LogP contribution in [0.2, 0.25) is 0 Å². The number of nitrogens with one attached hydrogen (secondary N) is 2. The fraction of sp³-hybridized carbons (Fsp3) is 0.545. The molecule has 0 aromatic carbocycles. The lowest BCUT2D eigenvalue weighted by molar-refractivity contribution is -0.118. The molecule has 0 spiro atoms. The Morgan fingerprint density at radius 2 is 2.28 bits per heavy atom. The smallest absolute Gasteiger partial charge is 0.216 e. The third-order valence-electron chi connectivity index (χ3n) is 2.84. The molecule has 1 amide bonds. The molecule has 0 bridgehead atoms. The highest BCUT2D eigenvalue weighted by molar-refractivity contribution is 7.71. The molecule has 6 nitrogen and oxygen atoms in total. The Hall–Kier alpha value is -1.63. The van der Waals surface area contributed by atoms with Gasteiger partial charge in [-0.25, -0.2) is 4.68 Å². The lowest BCUT2D eigenvalue weighted by Crippen LogP contribution is -2.24. The molecule has 2 aromatic rings. The summed E-state index contributed by atoms with van der Waals surface area (Å²) in [6.45, 7) is 7.50. The van der Waals surface area contributed by atoms with Crippen LogP contribution >= 0.6 is 12.2 Å². The fourth-order valence-corrected chi connectivity index (χ4v) is 2.31. The van der Waals surface area contributed by atoms with E-state index in [-0.39, 0.29) is 5.91 Å². The Morgan fingerprint density at radius 1 is 1.56 bits per heavy atom. The molecule has 0 unspecified atom stereocenters. The first-order valence-corrected chi connectivity index (χ1v) is 6.35. The molecule has 0 aliphatic heterocycles. The SMILES string of the molecule is CCn1nc(C)c2[nH]c(=S)n(CCNC(C)=O)c21. The number of carbonyl (C=O) groups is 1. The zero-order chi connectivity index (χ0) is 13.3. The van der Waals surface area contributed by atoms with Crippen molar-refractivity contribution in [2.24, 2.45) is 0 Å². The molecule has 0 aliphatic rings. The normalized spacial score (nSPS) is 11.1. The van der Waals surface area contributed by atoms with Crippen molar-refractivity contribution in [2.75, 3.05) is 6.54 Å². The van der Waals surface area contributed by atoms with Gasteiger partial charge in [0.05, 0.1) is 5.69 Å². The molecule has 0 radical (unpaired) electrons. The quantitative estimate of drug-likeness (QED) is 0.822. The summed E-state index contributed by atoms with van der Waals surface area (Å²) in [6, 6.07) is 0. The highest BCUT2D eigenvalue weighted by Gasteiger charge is 2.13. The summed E-state index contributed by atoms with van der Waals surface area (Å²) >= 11 is 5.31. The maximum atomic E-state index is 10.9. The number of hydrogen-bond donors (Lipinski definition) is 2. The average Bonchev–Trinajstić information content (AvgIpc) is 2.78. The Kier molecular flexibility index (Phi) is 3.51. The van der Waals surface area contributed by atoms with Crippen LogP contribution in [0.25, 0.3) is 11.2 Å². The van der Waals surface area contributed by atoms with Gasteiger partial charge in [0.2, 0.25) is 5.91 Å². The Morgan fingerprint density at radius 3 is 2.89 bits per heavy atom. The molecule has 0 saturated heterocycles. The van der Waals surface area contributed by atoms with Crippen LogP contribution in [-0.4, -0.2) is 31.8 Å². The first-order chi connectivity index (χ1) is 8.54. The highest BCUT2D eigenvalue weighted by Crippen LogP contribution is 2.17. The number of H-pyrrole nitrogens is 1. The molecule has 2 aromatic heterocycles. The van der Waals surface area contributed by atoms with E-state index in [4.69, 9.17) is 12.2 Å². The van der Waals surface area contributed by atoms with Crippen LogP contribution in [0.15, 0.2) is 0 Å². The van der Waals surface area contributed by atoms with E-state index in [1.54, 1.807) is 0 Å². The van der Waals surface area contributed by atoms with Gasteiger partial charge in [-0.15, -0.1) is 0 Å². The van der Waals surface area contributed by atoms with Crippen molar-refractivity contribution in [3.63, 3.8) is 0 Å². The van der Waals surface area contributed by atoms with E-state index in [2.05, 4.69) is 15.4 Å². The molecule has 0 atom stereocenters.